The second-order valence-electron chi connectivity index (χ2n) is 5.39. The number of ether oxygens (including phenoxy) is 1. The molecular weight excluding hydrogens is 414 g/mol. The summed E-state index contributed by atoms with van der Waals surface area (Å²) in [6.07, 6.45) is 0.541. The maximum Gasteiger partial charge on any atom is 0.410 e. The van der Waals surface area contributed by atoms with E-state index in [2.05, 4.69) is 31.9 Å². The van der Waals surface area contributed by atoms with Crippen molar-refractivity contribution in [1.82, 2.24) is 4.90 Å². The topological polar surface area (TPSA) is 46.6 Å². The largest absolute Gasteiger partial charge is 0.445 e. The van der Waals surface area contributed by atoms with E-state index in [0.717, 1.165) is 17.3 Å². The minimum atomic E-state index is -0.340. The van der Waals surface area contributed by atoms with Gasteiger partial charge in [-0.25, -0.2) is 4.79 Å². The number of alkyl halides is 2. The molecule has 1 saturated heterocycles. The number of Topliss-reactive ketones (excluding diaryl/α,β-unsaturated/α-hetero) is 1. The molecule has 0 aliphatic carbocycles. The van der Waals surface area contributed by atoms with Crippen LogP contribution in [-0.2, 0) is 16.1 Å². The number of likely N-dealkylation sites (tertiary alicyclic amines) is 1. The Hall–Kier alpha value is -0.880. The van der Waals surface area contributed by atoms with Crippen LogP contribution in [0.4, 0.5) is 4.79 Å². The summed E-state index contributed by atoms with van der Waals surface area (Å²) in [5.74, 6) is 0.263. The van der Waals surface area contributed by atoms with Crippen molar-refractivity contribution in [3.63, 3.8) is 0 Å². The quantitative estimate of drug-likeness (QED) is 0.645. The molecule has 0 saturated carbocycles. The van der Waals surface area contributed by atoms with Crippen molar-refractivity contribution in [2.75, 3.05) is 23.7 Å². The van der Waals surface area contributed by atoms with E-state index in [0.29, 0.717) is 18.4 Å². The minimum absolute atomic E-state index is 0.0961. The highest BCUT2D eigenvalue weighted by atomic mass is 79.9. The molecule has 6 heteroatoms. The molecular formula is C16H19Br2NO3. The van der Waals surface area contributed by atoms with Crippen molar-refractivity contribution in [3.05, 3.63) is 35.9 Å². The molecule has 0 N–H and O–H groups in total. The van der Waals surface area contributed by atoms with Gasteiger partial charge < -0.3 is 9.64 Å². The van der Waals surface area contributed by atoms with E-state index < -0.39 is 0 Å². The highest BCUT2D eigenvalue weighted by Gasteiger charge is 2.38. The average Bonchev–Trinajstić information content (AvgIpc) is 2.97. The zero-order chi connectivity index (χ0) is 15.9. The van der Waals surface area contributed by atoms with Crippen LogP contribution in [0.1, 0.15) is 12.0 Å². The molecule has 1 aromatic rings. The van der Waals surface area contributed by atoms with E-state index in [4.69, 9.17) is 4.74 Å². The molecule has 0 spiro atoms. The number of ketones is 1. The third-order valence-electron chi connectivity index (χ3n) is 3.93. The fourth-order valence-electron chi connectivity index (χ4n) is 2.73. The molecule has 1 amide bonds. The van der Waals surface area contributed by atoms with Gasteiger partial charge in [-0.3, -0.25) is 4.79 Å². The number of carbonyl (C=O) groups is 2. The van der Waals surface area contributed by atoms with Gasteiger partial charge in [0, 0.05) is 24.3 Å². The van der Waals surface area contributed by atoms with Gasteiger partial charge in [-0.15, -0.1) is 0 Å². The third-order valence-corrected chi connectivity index (χ3v) is 4.94. The summed E-state index contributed by atoms with van der Waals surface area (Å²) in [5.41, 5.74) is 0.958. The van der Waals surface area contributed by atoms with E-state index in [1.54, 1.807) is 4.90 Å². The molecule has 0 radical (unpaired) electrons. The van der Waals surface area contributed by atoms with E-state index in [1.165, 1.54) is 0 Å². The average molecular weight is 433 g/mol. The lowest BCUT2D eigenvalue weighted by atomic mass is 9.91. The Morgan fingerprint density at radius 1 is 1.18 bits per heavy atom. The molecule has 1 aliphatic heterocycles. The predicted molar refractivity (Wildman–Crippen MR) is 92.4 cm³/mol. The van der Waals surface area contributed by atoms with Crippen LogP contribution < -0.4 is 0 Å². The Labute approximate surface area is 147 Å². The monoisotopic (exact) mass is 431 g/mol. The fourth-order valence-corrected chi connectivity index (χ4v) is 3.73. The van der Waals surface area contributed by atoms with Crippen LogP contribution in [0.15, 0.2) is 30.3 Å². The van der Waals surface area contributed by atoms with Crippen LogP contribution in [0.3, 0.4) is 0 Å². The smallest absolute Gasteiger partial charge is 0.410 e. The number of benzene rings is 1. The summed E-state index contributed by atoms with van der Waals surface area (Å²) in [5, 5.41) is 1.17. The Balaban J connectivity index is 1.91. The van der Waals surface area contributed by atoms with Crippen LogP contribution in [0.5, 0.6) is 0 Å². The van der Waals surface area contributed by atoms with Crippen LogP contribution >= 0.6 is 31.9 Å². The Kier molecular flexibility index (Phi) is 6.89. The van der Waals surface area contributed by atoms with Gasteiger partial charge in [0.15, 0.2) is 0 Å². The van der Waals surface area contributed by atoms with Crippen molar-refractivity contribution < 1.29 is 14.3 Å². The SMILES string of the molecule is O=C(CBr)[C@H]1CN(C(=O)OCc2ccccc2)C[C@H]1CCBr. The second-order valence-corrected chi connectivity index (χ2v) is 6.74. The summed E-state index contributed by atoms with van der Waals surface area (Å²) < 4.78 is 5.35. The second kappa shape index (κ2) is 8.67. The fraction of sp³-hybridized carbons (Fsp3) is 0.500. The molecule has 1 aromatic carbocycles. The summed E-state index contributed by atoms with van der Waals surface area (Å²) >= 11 is 6.64. The summed E-state index contributed by atoms with van der Waals surface area (Å²) in [6.45, 7) is 1.30. The maximum atomic E-state index is 12.2. The molecule has 0 unspecified atom stereocenters. The van der Waals surface area contributed by atoms with Gasteiger partial charge >= 0.3 is 6.09 Å². The van der Waals surface area contributed by atoms with Crippen LogP contribution in [-0.4, -0.2) is 40.5 Å². The number of carbonyl (C=O) groups excluding carboxylic acids is 2. The zero-order valence-electron chi connectivity index (χ0n) is 12.2. The van der Waals surface area contributed by atoms with E-state index in [-0.39, 0.29) is 30.3 Å². The Morgan fingerprint density at radius 2 is 1.91 bits per heavy atom. The summed E-state index contributed by atoms with van der Waals surface area (Å²) in [4.78, 5) is 25.9. The van der Waals surface area contributed by atoms with E-state index >= 15 is 0 Å². The van der Waals surface area contributed by atoms with Gasteiger partial charge in [-0.1, -0.05) is 62.2 Å². The maximum absolute atomic E-state index is 12.2. The van der Waals surface area contributed by atoms with Gasteiger partial charge in [-0.05, 0) is 17.9 Å². The molecule has 4 nitrogen and oxygen atoms in total. The number of hydrogen-bond acceptors (Lipinski definition) is 3. The van der Waals surface area contributed by atoms with Crippen LogP contribution in [0.25, 0.3) is 0 Å². The molecule has 2 rings (SSSR count). The highest BCUT2D eigenvalue weighted by molar-refractivity contribution is 9.09. The summed E-state index contributed by atoms with van der Waals surface area (Å²) in [7, 11) is 0. The van der Waals surface area contributed by atoms with Crippen molar-refractivity contribution in [2.45, 2.75) is 13.0 Å². The van der Waals surface area contributed by atoms with E-state index in [9.17, 15) is 9.59 Å². The van der Waals surface area contributed by atoms with Gasteiger partial charge in [-0.2, -0.15) is 0 Å². The molecule has 0 bridgehead atoms. The first-order valence-corrected chi connectivity index (χ1v) is 9.50. The van der Waals surface area contributed by atoms with Gasteiger partial charge in [0.25, 0.3) is 0 Å². The van der Waals surface area contributed by atoms with Crippen molar-refractivity contribution in [3.8, 4) is 0 Å². The number of amides is 1. The van der Waals surface area contributed by atoms with Crippen molar-refractivity contribution in [1.29, 1.82) is 0 Å². The normalized spacial score (nSPS) is 20.9. The Morgan fingerprint density at radius 3 is 2.55 bits per heavy atom. The van der Waals surface area contributed by atoms with Crippen LogP contribution in [0.2, 0.25) is 0 Å². The van der Waals surface area contributed by atoms with Gasteiger partial charge in [0.2, 0.25) is 0 Å². The molecule has 1 aliphatic rings. The van der Waals surface area contributed by atoms with Crippen molar-refractivity contribution >= 4 is 43.7 Å². The molecule has 0 aromatic heterocycles. The summed E-state index contributed by atoms with van der Waals surface area (Å²) in [6, 6.07) is 9.59. The molecule has 22 heavy (non-hydrogen) atoms. The zero-order valence-corrected chi connectivity index (χ0v) is 15.4. The third kappa shape index (κ3) is 4.56. The predicted octanol–water partition coefficient (Wildman–Crippen LogP) is 3.62. The number of hydrogen-bond donors (Lipinski definition) is 0. The lowest BCUT2D eigenvalue weighted by Gasteiger charge is -2.16. The van der Waals surface area contributed by atoms with E-state index in [1.807, 2.05) is 30.3 Å². The number of rotatable bonds is 6. The van der Waals surface area contributed by atoms with Gasteiger partial charge in [0.05, 0.1) is 5.33 Å². The molecule has 1 heterocycles. The lowest BCUT2D eigenvalue weighted by Crippen LogP contribution is -2.30. The number of nitrogens with zero attached hydrogens (tertiary/aromatic N) is 1. The number of halogens is 2. The van der Waals surface area contributed by atoms with Crippen LogP contribution in [0, 0.1) is 11.8 Å². The molecule has 1 fully saturated rings. The van der Waals surface area contributed by atoms with Gasteiger partial charge in [0.1, 0.15) is 12.4 Å². The minimum Gasteiger partial charge on any atom is -0.445 e. The van der Waals surface area contributed by atoms with Crippen molar-refractivity contribution in [2.24, 2.45) is 11.8 Å². The molecule has 2 atom stereocenters. The standard InChI is InChI=1S/C16H19Br2NO3/c17-7-6-13-9-19(10-14(13)15(20)8-18)16(21)22-11-12-4-2-1-3-5-12/h1-5,13-14H,6-11H2/t13-,14+/m1/s1. The lowest BCUT2D eigenvalue weighted by molar-refractivity contribution is -0.120. The first-order valence-electron chi connectivity index (χ1n) is 7.26. The first-order chi connectivity index (χ1) is 10.7. The Bertz CT molecular complexity index is 509. The highest BCUT2D eigenvalue weighted by Crippen LogP contribution is 2.28. The first kappa shape index (κ1) is 17.5. The molecule has 120 valence electrons.